The molecular formula is C23H28N2O6. The van der Waals surface area contributed by atoms with Crippen molar-refractivity contribution in [2.24, 2.45) is 5.73 Å². The quantitative estimate of drug-likeness (QED) is 0.462. The average Bonchev–Trinajstić information content (AvgIpc) is 2.79. The van der Waals surface area contributed by atoms with Crippen molar-refractivity contribution in [3.05, 3.63) is 71.8 Å². The van der Waals surface area contributed by atoms with Gasteiger partial charge in [-0.2, -0.15) is 0 Å². The zero-order valence-corrected chi connectivity index (χ0v) is 17.4. The first-order valence-electron chi connectivity index (χ1n) is 10.0. The second kappa shape index (κ2) is 12.5. The van der Waals surface area contributed by atoms with Crippen molar-refractivity contribution < 1.29 is 29.0 Å². The smallest absolute Gasteiger partial charge is 0.331 e. The Kier molecular flexibility index (Phi) is 9.67. The van der Waals surface area contributed by atoms with E-state index in [2.05, 4.69) is 5.32 Å². The number of amides is 1. The number of ether oxygens (including phenoxy) is 2. The molecule has 0 aliphatic heterocycles. The van der Waals surface area contributed by atoms with Gasteiger partial charge in [0.25, 0.3) is 0 Å². The van der Waals surface area contributed by atoms with Crippen molar-refractivity contribution in [1.82, 2.24) is 5.32 Å². The molecule has 0 fully saturated rings. The van der Waals surface area contributed by atoms with E-state index in [9.17, 15) is 19.5 Å². The summed E-state index contributed by atoms with van der Waals surface area (Å²) in [5.41, 5.74) is 7.46. The lowest BCUT2D eigenvalue weighted by molar-refractivity contribution is -0.152. The van der Waals surface area contributed by atoms with E-state index in [4.69, 9.17) is 15.2 Å². The molecule has 0 bridgehead atoms. The van der Waals surface area contributed by atoms with Crippen molar-refractivity contribution in [3.8, 4) is 0 Å². The van der Waals surface area contributed by atoms with Gasteiger partial charge in [-0.3, -0.25) is 9.59 Å². The number of carbonyl (C=O) groups excluding carboxylic acids is 3. The topological polar surface area (TPSA) is 128 Å². The summed E-state index contributed by atoms with van der Waals surface area (Å²) >= 11 is 0. The molecular weight excluding hydrogens is 400 g/mol. The minimum Gasteiger partial charge on any atom is -0.461 e. The van der Waals surface area contributed by atoms with Crippen LogP contribution in [0.25, 0.3) is 0 Å². The van der Waals surface area contributed by atoms with Crippen LogP contribution in [-0.2, 0) is 37.1 Å². The van der Waals surface area contributed by atoms with Gasteiger partial charge in [-0.1, -0.05) is 60.7 Å². The Morgan fingerprint density at radius 1 is 0.935 bits per heavy atom. The van der Waals surface area contributed by atoms with Crippen LogP contribution in [0.4, 0.5) is 0 Å². The van der Waals surface area contributed by atoms with Crippen molar-refractivity contribution in [2.75, 3.05) is 0 Å². The van der Waals surface area contributed by atoms with Gasteiger partial charge < -0.3 is 25.6 Å². The van der Waals surface area contributed by atoms with Crippen LogP contribution in [0.2, 0.25) is 0 Å². The summed E-state index contributed by atoms with van der Waals surface area (Å²) in [7, 11) is 0. The number of carbonyl (C=O) groups is 3. The normalized spacial score (nSPS) is 13.5. The van der Waals surface area contributed by atoms with Crippen LogP contribution < -0.4 is 11.1 Å². The Morgan fingerprint density at radius 2 is 1.45 bits per heavy atom. The van der Waals surface area contributed by atoms with Crippen LogP contribution in [0.3, 0.4) is 0 Å². The first-order chi connectivity index (χ1) is 14.9. The highest BCUT2D eigenvalue weighted by molar-refractivity contribution is 5.88. The molecule has 8 nitrogen and oxygen atoms in total. The molecule has 31 heavy (non-hydrogen) atoms. The Labute approximate surface area is 181 Å². The summed E-state index contributed by atoms with van der Waals surface area (Å²) in [4.78, 5) is 36.5. The molecule has 0 aromatic heterocycles. The van der Waals surface area contributed by atoms with E-state index >= 15 is 0 Å². The van der Waals surface area contributed by atoms with Crippen LogP contribution >= 0.6 is 0 Å². The summed E-state index contributed by atoms with van der Waals surface area (Å²) in [5.74, 6) is -1.93. The lowest BCUT2D eigenvalue weighted by Gasteiger charge is -2.22. The molecule has 0 aliphatic rings. The second-order valence-corrected chi connectivity index (χ2v) is 7.11. The van der Waals surface area contributed by atoms with Gasteiger partial charge in [-0.05, 0) is 24.5 Å². The van der Waals surface area contributed by atoms with Gasteiger partial charge in [0.05, 0.1) is 12.1 Å². The molecule has 0 spiro atoms. The molecule has 1 amide bonds. The van der Waals surface area contributed by atoms with Gasteiger partial charge in [-0.25, -0.2) is 4.79 Å². The maximum Gasteiger partial charge on any atom is 0.331 e. The van der Waals surface area contributed by atoms with Crippen molar-refractivity contribution >= 4 is 17.8 Å². The molecule has 166 valence electrons. The standard InChI is InChI=1S/C23H28N2O6/c1-16(26)21(23(29)31-15-18-10-6-3-7-11-18)25-22(28)19(24)12-13-20(27)30-14-17-8-4-2-5-9-17/h2-11,16,19,21,26H,12-15,24H2,1H3,(H,25,28). The van der Waals surface area contributed by atoms with Crippen molar-refractivity contribution in [1.29, 1.82) is 0 Å². The summed E-state index contributed by atoms with van der Waals surface area (Å²) in [6, 6.07) is 15.9. The maximum atomic E-state index is 12.3. The molecule has 3 atom stereocenters. The lowest BCUT2D eigenvalue weighted by atomic mass is 10.1. The third-order valence-electron chi connectivity index (χ3n) is 4.50. The monoisotopic (exact) mass is 428 g/mol. The Bertz CT molecular complexity index is 842. The average molecular weight is 428 g/mol. The Balaban J connectivity index is 1.77. The van der Waals surface area contributed by atoms with Crippen LogP contribution in [0.1, 0.15) is 30.9 Å². The van der Waals surface area contributed by atoms with Gasteiger partial charge in [-0.15, -0.1) is 0 Å². The number of benzene rings is 2. The molecule has 3 unspecified atom stereocenters. The molecule has 0 saturated heterocycles. The van der Waals surface area contributed by atoms with E-state index in [0.717, 1.165) is 11.1 Å². The zero-order valence-electron chi connectivity index (χ0n) is 17.4. The number of rotatable bonds is 11. The Hall–Kier alpha value is -3.23. The number of nitrogens with one attached hydrogen (secondary N) is 1. The van der Waals surface area contributed by atoms with Gasteiger partial charge in [0.15, 0.2) is 6.04 Å². The van der Waals surface area contributed by atoms with Gasteiger partial charge >= 0.3 is 11.9 Å². The highest BCUT2D eigenvalue weighted by atomic mass is 16.5. The highest BCUT2D eigenvalue weighted by Gasteiger charge is 2.29. The van der Waals surface area contributed by atoms with Crippen molar-refractivity contribution in [2.45, 2.75) is 51.2 Å². The van der Waals surface area contributed by atoms with Gasteiger partial charge in [0, 0.05) is 6.42 Å². The molecule has 4 N–H and O–H groups in total. The number of hydrogen-bond donors (Lipinski definition) is 3. The van der Waals surface area contributed by atoms with Crippen molar-refractivity contribution in [3.63, 3.8) is 0 Å². The number of hydrogen-bond acceptors (Lipinski definition) is 7. The third kappa shape index (κ3) is 8.57. The summed E-state index contributed by atoms with van der Waals surface area (Å²) in [6.45, 7) is 1.51. The van der Waals surface area contributed by atoms with Crippen LogP contribution in [0.15, 0.2) is 60.7 Å². The summed E-state index contributed by atoms with van der Waals surface area (Å²) < 4.78 is 10.3. The van der Waals surface area contributed by atoms with E-state index in [-0.39, 0.29) is 26.1 Å². The van der Waals surface area contributed by atoms with Gasteiger partial charge in [0.1, 0.15) is 13.2 Å². The lowest BCUT2D eigenvalue weighted by Crippen LogP contribution is -2.53. The first kappa shape index (κ1) is 24.0. The minimum atomic E-state index is -1.27. The number of esters is 2. The van der Waals surface area contributed by atoms with Crippen LogP contribution in [-0.4, -0.2) is 41.1 Å². The predicted octanol–water partition coefficient (Wildman–Crippen LogP) is 1.45. The molecule has 2 rings (SSSR count). The fourth-order valence-corrected chi connectivity index (χ4v) is 2.67. The molecule has 8 heteroatoms. The fraction of sp³-hybridized carbons (Fsp3) is 0.348. The summed E-state index contributed by atoms with van der Waals surface area (Å²) in [6.07, 6.45) is -1.21. The minimum absolute atomic E-state index is 0.0120. The molecule has 0 aliphatic carbocycles. The van der Waals surface area contributed by atoms with E-state index in [1.54, 1.807) is 24.3 Å². The largest absolute Gasteiger partial charge is 0.461 e. The number of aliphatic hydroxyl groups is 1. The van der Waals surface area contributed by atoms with E-state index < -0.39 is 36.0 Å². The van der Waals surface area contributed by atoms with Crippen LogP contribution in [0.5, 0.6) is 0 Å². The molecule has 0 heterocycles. The SMILES string of the molecule is CC(O)C(NC(=O)C(N)CCC(=O)OCc1ccccc1)C(=O)OCc1ccccc1. The molecule has 0 saturated carbocycles. The number of aliphatic hydroxyl groups excluding tert-OH is 1. The molecule has 2 aromatic carbocycles. The van der Waals surface area contributed by atoms with E-state index in [1.807, 2.05) is 36.4 Å². The summed E-state index contributed by atoms with van der Waals surface area (Å²) in [5, 5.41) is 12.3. The first-order valence-corrected chi connectivity index (χ1v) is 10.0. The van der Waals surface area contributed by atoms with E-state index in [1.165, 1.54) is 6.92 Å². The second-order valence-electron chi connectivity index (χ2n) is 7.11. The fourth-order valence-electron chi connectivity index (χ4n) is 2.67. The van der Waals surface area contributed by atoms with Crippen LogP contribution in [0, 0.1) is 0 Å². The molecule has 2 aromatic rings. The zero-order chi connectivity index (χ0) is 22.6. The Morgan fingerprint density at radius 3 is 1.97 bits per heavy atom. The van der Waals surface area contributed by atoms with Gasteiger partial charge in [0.2, 0.25) is 5.91 Å². The number of nitrogens with two attached hydrogens (primary N) is 1. The predicted molar refractivity (Wildman–Crippen MR) is 113 cm³/mol. The third-order valence-corrected chi connectivity index (χ3v) is 4.50. The van der Waals surface area contributed by atoms with E-state index in [0.29, 0.717) is 0 Å². The highest BCUT2D eigenvalue weighted by Crippen LogP contribution is 2.06. The molecule has 0 radical (unpaired) electrons. The maximum absolute atomic E-state index is 12.3.